The molecule has 1 aliphatic carbocycles. The SMILES string of the molecule is CN(C)C1(c2ccccc2)CCC(c2[nH]c3ccc(F)cc3c2CCn2ccnn2)CC1.O=C(O)CC(O)(CC(=O)O)C(=O)O. The van der Waals surface area contributed by atoms with E-state index in [9.17, 15) is 18.8 Å². The summed E-state index contributed by atoms with van der Waals surface area (Å²) in [7, 11) is 4.39. The van der Waals surface area contributed by atoms with Gasteiger partial charge < -0.3 is 25.4 Å². The van der Waals surface area contributed by atoms with E-state index >= 15 is 0 Å². The minimum Gasteiger partial charge on any atom is -0.481 e. The lowest BCUT2D eigenvalue weighted by Gasteiger charge is -2.45. The third-order valence-corrected chi connectivity index (χ3v) is 8.64. The number of aromatic nitrogens is 4. The van der Waals surface area contributed by atoms with Crippen LogP contribution in [0.1, 0.15) is 61.3 Å². The molecule has 5 rings (SSSR count). The van der Waals surface area contributed by atoms with Crippen molar-refractivity contribution in [2.24, 2.45) is 0 Å². The fraction of sp³-hybridized carbons (Fsp3) is 0.406. The molecule has 0 aliphatic heterocycles. The third-order valence-electron chi connectivity index (χ3n) is 8.64. The van der Waals surface area contributed by atoms with Gasteiger partial charge in [0.1, 0.15) is 5.82 Å². The first kappa shape index (κ1) is 33.3. The highest BCUT2D eigenvalue weighted by Crippen LogP contribution is 2.47. The van der Waals surface area contributed by atoms with E-state index in [0.29, 0.717) is 5.92 Å². The normalized spacial score (nSPS) is 18.4. The summed E-state index contributed by atoms with van der Waals surface area (Å²) in [6, 6.07) is 16.0. The topological polar surface area (TPSA) is 182 Å². The molecule has 1 saturated carbocycles. The number of nitrogens with zero attached hydrogens (tertiary/aromatic N) is 4. The van der Waals surface area contributed by atoms with Crippen molar-refractivity contribution in [2.75, 3.05) is 14.1 Å². The Bertz CT molecular complexity index is 1600. The molecule has 1 fully saturated rings. The molecule has 13 heteroatoms. The summed E-state index contributed by atoms with van der Waals surface area (Å²) in [4.78, 5) is 36.5. The van der Waals surface area contributed by atoms with E-state index < -0.39 is 36.4 Å². The average Bonchev–Trinajstić information content (AvgIpc) is 3.63. The van der Waals surface area contributed by atoms with Crippen molar-refractivity contribution in [1.29, 1.82) is 0 Å². The van der Waals surface area contributed by atoms with Crippen LogP contribution in [0, 0.1) is 5.82 Å². The van der Waals surface area contributed by atoms with Crippen LogP contribution in [0.4, 0.5) is 4.39 Å². The van der Waals surface area contributed by atoms with Gasteiger partial charge in [-0.1, -0.05) is 35.5 Å². The Balaban J connectivity index is 0.000000302. The van der Waals surface area contributed by atoms with Gasteiger partial charge in [-0.2, -0.15) is 0 Å². The quantitative estimate of drug-likeness (QED) is 0.164. The lowest BCUT2D eigenvalue weighted by Crippen LogP contribution is -2.44. The number of aliphatic carboxylic acids is 3. The molecular formula is C32H38FN5O7. The molecule has 0 radical (unpaired) electrons. The van der Waals surface area contributed by atoms with E-state index in [-0.39, 0.29) is 11.4 Å². The Morgan fingerprint density at radius 2 is 1.69 bits per heavy atom. The number of halogens is 1. The first-order valence-corrected chi connectivity index (χ1v) is 14.6. The number of carboxylic acid groups (broad SMARTS) is 3. The Hall–Kier alpha value is -4.62. The van der Waals surface area contributed by atoms with Crippen LogP contribution in [0.2, 0.25) is 0 Å². The molecule has 45 heavy (non-hydrogen) atoms. The van der Waals surface area contributed by atoms with Crippen LogP contribution in [0.25, 0.3) is 10.9 Å². The standard InChI is InChI=1S/C26H30FN5.C6H8O7/c1-31(2)26(20-6-4-3-5-7-20)13-10-19(11-14-26)25-22(12-16-32-17-15-28-30-32)23-18-21(27)8-9-24(23)29-25;7-3(8)1-6(13,5(11)12)2-4(9)10/h3-9,15,17-19,29H,10-14,16H2,1-2H3;13H,1-2H2,(H,7,8)(H,9,10)(H,11,12). The summed E-state index contributed by atoms with van der Waals surface area (Å²) in [6.07, 6.45) is 6.47. The van der Waals surface area contributed by atoms with Crippen LogP contribution in [0.3, 0.4) is 0 Å². The summed E-state index contributed by atoms with van der Waals surface area (Å²) in [6.45, 7) is 0.731. The van der Waals surface area contributed by atoms with Gasteiger partial charge in [-0.3, -0.25) is 19.2 Å². The van der Waals surface area contributed by atoms with E-state index in [2.05, 4.69) is 64.6 Å². The van der Waals surface area contributed by atoms with Crippen molar-refractivity contribution < 1.29 is 39.2 Å². The number of hydrogen-bond acceptors (Lipinski definition) is 7. The number of aryl methyl sites for hydroxylation is 2. The summed E-state index contributed by atoms with van der Waals surface area (Å²) in [5.41, 5.74) is 2.23. The van der Waals surface area contributed by atoms with Crippen molar-refractivity contribution in [2.45, 2.75) is 68.5 Å². The molecule has 12 nitrogen and oxygen atoms in total. The minimum absolute atomic E-state index is 0.0662. The van der Waals surface area contributed by atoms with Crippen LogP contribution in [0.5, 0.6) is 0 Å². The second kappa shape index (κ2) is 14.0. The zero-order valence-electron chi connectivity index (χ0n) is 25.2. The molecule has 2 aromatic carbocycles. The molecule has 0 atom stereocenters. The van der Waals surface area contributed by atoms with Crippen molar-refractivity contribution in [1.82, 2.24) is 24.9 Å². The van der Waals surface area contributed by atoms with Crippen LogP contribution >= 0.6 is 0 Å². The molecule has 0 bridgehead atoms. The molecule has 4 aromatic rings. The number of rotatable bonds is 11. The predicted octanol–water partition coefficient (Wildman–Crippen LogP) is 4.01. The molecule has 0 unspecified atom stereocenters. The lowest BCUT2D eigenvalue weighted by atomic mass is 9.70. The van der Waals surface area contributed by atoms with E-state index in [1.165, 1.54) is 22.9 Å². The van der Waals surface area contributed by atoms with Crippen LogP contribution in [0.15, 0.2) is 60.9 Å². The highest BCUT2D eigenvalue weighted by molar-refractivity contribution is 5.88. The number of aromatic amines is 1. The molecule has 5 N–H and O–H groups in total. The highest BCUT2D eigenvalue weighted by Gasteiger charge is 2.41. The predicted molar refractivity (Wildman–Crippen MR) is 162 cm³/mol. The van der Waals surface area contributed by atoms with Crippen molar-refractivity contribution in [3.8, 4) is 0 Å². The van der Waals surface area contributed by atoms with Crippen LogP contribution in [-0.2, 0) is 32.9 Å². The van der Waals surface area contributed by atoms with Gasteiger partial charge >= 0.3 is 17.9 Å². The third kappa shape index (κ3) is 7.73. The van der Waals surface area contributed by atoms with Gasteiger partial charge in [0.2, 0.25) is 0 Å². The van der Waals surface area contributed by atoms with Gasteiger partial charge in [-0.05, 0) is 81.4 Å². The number of fused-ring (bicyclic) bond motifs is 1. The highest BCUT2D eigenvalue weighted by atomic mass is 19.1. The van der Waals surface area contributed by atoms with Crippen molar-refractivity contribution in [3.63, 3.8) is 0 Å². The number of carboxylic acids is 3. The minimum atomic E-state index is -2.74. The molecule has 1 aliphatic rings. The monoisotopic (exact) mass is 623 g/mol. The molecule has 0 saturated heterocycles. The van der Waals surface area contributed by atoms with Gasteiger partial charge in [0.15, 0.2) is 5.60 Å². The largest absolute Gasteiger partial charge is 0.481 e. The molecule has 2 heterocycles. The van der Waals surface area contributed by atoms with E-state index in [4.69, 9.17) is 20.4 Å². The Morgan fingerprint density at radius 1 is 1.04 bits per heavy atom. The lowest BCUT2D eigenvalue weighted by molar-refractivity contribution is -0.170. The zero-order chi connectivity index (χ0) is 32.8. The number of benzene rings is 2. The summed E-state index contributed by atoms with van der Waals surface area (Å²) in [5, 5.41) is 42.8. The number of carbonyl (C=O) groups is 3. The Kier molecular flexibility index (Phi) is 10.3. The Labute approximate surface area is 259 Å². The van der Waals surface area contributed by atoms with Gasteiger partial charge in [0.05, 0.1) is 19.0 Å². The first-order chi connectivity index (χ1) is 21.3. The second-order valence-electron chi connectivity index (χ2n) is 11.7. The fourth-order valence-corrected chi connectivity index (χ4v) is 6.28. The summed E-state index contributed by atoms with van der Waals surface area (Å²) >= 11 is 0. The number of H-pyrrole nitrogens is 1. The Morgan fingerprint density at radius 3 is 2.22 bits per heavy atom. The number of nitrogens with one attached hydrogen (secondary N) is 1. The van der Waals surface area contributed by atoms with Crippen molar-refractivity contribution in [3.05, 3.63) is 83.6 Å². The maximum atomic E-state index is 14.1. The number of aliphatic hydroxyl groups is 1. The van der Waals surface area contributed by atoms with Crippen molar-refractivity contribution >= 4 is 28.8 Å². The van der Waals surface area contributed by atoms with Gasteiger partial charge in [0, 0.05) is 34.9 Å². The maximum Gasteiger partial charge on any atom is 0.336 e. The smallest absolute Gasteiger partial charge is 0.336 e. The average molecular weight is 624 g/mol. The zero-order valence-corrected chi connectivity index (χ0v) is 25.2. The second-order valence-corrected chi connectivity index (χ2v) is 11.7. The van der Waals surface area contributed by atoms with Gasteiger partial charge in [-0.15, -0.1) is 5.10 Å². The molecular weight excluding hydrogens is 585 g/mol. The van der Waals surface area contributed by atoms with E-state index in [1.807, 2.05) is 16.9 Å². The molecule has 0 spiro atoms. The molecule has 0 amide bonds. The summed E-state index contributed by atoms with van der Waals surface area (Å²) < 4.78 is 16.0. The van der Waals surface area contributed by atoms with Crippen LogP contribution < -0.4 is 0 Å². The van der Waals surface area contributed by atoms with Crippen LogP contribution in [-0.4, -0.2) is 82.9 Å². The molecule has 2 aromatic heterocycles. The fourth-order valence-electron chi connectivity index (χ4n) is 6.28. The van der Waals surface area contributed by atoms with E-state index in [0.717, 1.165) is 49.6 Å². The number of hydrogen-bond donors (Lipinski definition) is 5. The maximum absolute atomic E-state index is 14.1. The van der Waals surface area contributed by atoms with Gasteiger partial charge in [0.25, 0.3) is 0 Å². The van der Waals surface area contributed by atoms with E-state index in [1.54, 1.807) is 12.3 Å². The summed E-state index contributed by atoms with van der Waals surface area (Å²) in [5.74, 6) is -4.77. The molecule has 240 valence electrons. The van der Waals surface area contributed by atoms with Gasteiger partial charge in [-0.25, -0.2) is 9.18 Å². The first-order valence-electron chi connectivity index (χ1n) is 14.6.